The molecule has 0 amide bonds. The minimum absolute atomic E-state index is 0.0185. The van der Waals surface area contributed by atoms with Crippen LogP contribution in [0, 0.1) is 5.82 Å². The fourth-order valence-electron chi connectivity index (χ4n) is 4.88. The number of phenols is 1. The van der Waals surface area contributed by atoms with Crippen LogP contribution in [-0.2, 0) is 0 Å². The molecule has 12 heteroatoms. The van der Waals surface area contributed by atoms with Crippen LogP contribution in [0.2, 0.25) is 0 Å². The molecule has 2 atom stereocenters. The van der Waals surface area contributed by atoms with E-state index in [1.165, 1.54) is 11.7 Å². The van der Waals surface area contributed by atoms with Crippen molar-refractivity contribution >= 4 is 39.0 Å². The highest BCUT2D eigenvalue weighted by Crippen LogP contribution is 2.39. The summed E-state index contributed by atoms with van der Waals surface area (Å²) in [6.45, 7) is 2.59. The molecule has 33 heavy (non-hydrogen) atoms. The number of hydrogen-bond donors (Lipinski definition) is 4. The van der Waals surface area contributed by atoms with Crippen molar-refractivity contribution in [2.24, 2.45) is 0 Å². The number of benzene rings is 1. The number of carboxylic acid groups (broad SMARTS) is 1. The number of carbonyl (C=O) groups is 1. The lowest BCUT2D eigenvalue weighted by Crippen LogP contribution is -2.50. The van der Waals surface area contributed by atoms with E-state index in [-0.39, 0.29) is 28.7 Å². The maximum atomic E-state index is 15.2. The third-order valence-electron chi connectivity index (χ3n) is 6.35. The Kier molecular flexibility index (Phi) is 5.33. The Hall–Kier alpha value is -3.38. The number of carboxylic acids is 1. The summed E-state index contributed by atoms with van der Waals surface area (Å²) in [4.78, 5) is 32.5. The average molecular weight is 475 g/mol. The Morgan fingerprint density at radius 2 is 2.15 bits per heavy atom. The van der Waals surface area contributed by atoms with Gasteiger partial charge in [-0.1, -0.05) is 0 Å². The number of aromatic carboxylic acids is 1. The first kappa shape index (κ1) is 21.5. The van der Waals surface area contributed by atoms with Crippen molar-refractivity contribution in [3.63, 3.8) is 0 Å². The molecule has 0 radical (unpaired) electrons. The molecule has 2 aliphatic heterocycles. The van der Waals surface area contributed by atoms with Gasteiger partial charge in [0, 0.05) is 63.1 Å². The summed E-state index contributed by atoms with van der Waals surface area (Å²) in [5, 5.41) is 26.4. The highest BCUT2D eigenvalue weighted by molar-refractivity contribution is 7.13. The monoisotopic (exact) mass is 474 g/mol. The number of anilines is 2. The quantitative estimate of drug-likeness (QED) is 0.436. The van der Waals surface area contributed by atoms with Gasteiger partial charge in [0.2, 0.25) is 5.43 Å². The van der Waals surface area contributed by atoms with E-state index in [1.54, 1.807) is 22.4 Å². The minimum atomic E-state index is -1.42. The standard InChI is InChI=1S/C21H23FN6O4S/c1-23-28-10-14(20(31)32)18(29)13-7-15(22)17(19(30)16(13)28)27-4-3-26-8-11(6-12(26)9-27)25-21-24-2-5-33-21/h2,5,7,10-12,23,30H,3-4,6,8-9H2,1H3,(H,24,25)(H,31,32)/t11-,12?/m0/s1. The maximum Gasteiger partial charge on any atom is 0.341 e. The Morgan fingerprint density at radius 3 is 2.85 bits per heavy atom. The third kappa shape index (κ3) is 3.64. The first-order chi connectivity index (χ1) is 15.9. The Balaban J connectivity index is 1.47. The number of aromatic hydroxyl groups is 1. The fourth-order valence-corrected chi connectivity index (χ4v) is 5.49. The summed E-state index contributed by atoms with van der Waals surface area (Å²) >= 11 is 1.55. The number of thiazole rings is 1. The van der Waals surface area contributed by atoms with Crippen molar-refractivity contribution in [2.45, 2.75) is 18.5 Å². The minimum Gasteiger partial charge on any atom is -0.504 e. The predicted octanol–water partition coefficient (Wildman–Crippen LogP) is 1.55. The molecule has 0 aliphatic carbocycles. The van der Waals surface area contributed by atoms with Crippen LogP contribution in [-0.4, -0.2) is 76.1 Å². The molecule has 2 fully saturated rings. The van der Waals surface area contributed by atoms with Gasteiger partial charge >= 0.3 is 5.97 Å². The van der Waals surface area contributed by atoms with Crippen LogP contribution in [0.15, 0.2) is 28.6 Å². The molecule has 0 spiro atoms. The summed E-state index contributed by atoms with van der Waals surface area (Å²) in [7, 11) is 1.52. The molecule has 2 aliphatic rings. The van der Waals surface area contributed by atoms with E-state index < -0.39 is 28.5 Å². The predicted molar refractivity (Wildman–Crippen MR) is 124 cm³/mol. The van der Waals surface area contributed by atoms with Gasteiger partial charge in [-0.25, -0.2) is 14.2 Å². The van der Waals surface area contributed by atoms with Crippen molar-refractivity contribution < 1.29 is 19.4 Å². The van der Waals surface area contributed by atoms with Gasteiger partial charge in [-0.2, -0.15) is 0 Å². The molecule has 5 rings (SSSR count). The lowest BCUT2D eigenvalue weighted by Gasteiger charge is -2.39. The highest BCUT2D eigenvalue weighted by atomic mass is 32.1. The second-order valence-electron chi connectivity index (χ2n) is 8.23. The van der Waals surface area contributed by atoms with E-state index in [4.69, 9.17) is 0 Å². The number of pyridine rings is 1. The second kappa shape index (κ2) is 8.19. The molecule has 4 N–H and O–H groups in total. The van der Waals surface area contributed by atoms with Crippen LogP contribution in [0.3, 0.4) is 0 Å². The van der Waals surface area contributed by atoms with Gasteiger partial charge in [-0.05, 0) is 12.5 Å². The molecule has 0 saturated carbocycles. The smallest absolute Gasteiger partial charge is 0.341 e. The summed E-state index contributed by atoms with van der Waals surface area (Å²) in [6, 6.07) is 1.42. The topological polar surface area (TPSA) is 123 Å². The maximum absolute atomic E-state index is 15.2. The zero-order valence-electron chi connectivity index (χ0n) is 17.8. The van der Waals surface area contributed by atoms with Crippen molar-refractivity contribution in [3.05, 3.63) is 45.4 Å². The zero-order valence-corrected chi connectivity index (χ0v) is 18.6. The summed E-state index contributed by atoms with van der Waals surface area (Å²) in [6.07, 6.45) is 3.71. The van der Waals surface area contributed by atoms with Crippen LogP contribution in [0.1, 0.15) is 16.8 Å². The number of rotatable bonds is 5. The molecule has 1 unspecified atom stereocenters. The number of piperazine rings is 1. The average Bonchev–Trinajstić information content (AvgIpc) is 3.43. The molecule has 10 nitrogen and oxygen atoms in total. The molecular formula is C21H23FN6O4S. The van der Waals surface area contributed by atoms with Crippen LogP contribution in [0.5, 0.6) is 5.75 Å². The van der Waals surface area contributed by atoms with Gasteiger partial charge in [-0.15, -0.1) is 11.3 Å². The SMILES string of the molecule is CNn1cc(C(=O)O)c(=O)c2cc(F)c(N3CCN4C[C@@H](Nc5nccs5)CC4C3)c(O)c21. The van der Waals surface area contributed by atoms with Gasteiger partial charge in [0.15, 0.2) is 16.7 Å². The third-order valence-corrected chi connectivity index (χ3v) is 7.06. The number of phenolic OH excluding ortho intramolecular Hbond substituents is 1. The van der Waals surface area contributed by atoms with Crippen LogP contribution in [0.4, 0.5) is 15.2 Å². The lowest BCUT2D eigenvalue weighted by molar-refractivity contribution is 0.0695. The largest absolute Gasteiger partial charge is 0.504 e. The van der Waals surface area contributed by atoms with Crippen molar-refractivity contribution in [3.8, 4) is 5.75 Å². The Labute approximate surface area is 191 Å². The van der Waals surface area contributed by atoms with Crippen LogP contribution >= 0.6 is 11.3 Å². The summed E-state index contributed by atoms with van der Waals surface area (Å²) < 4.78 is 16.5. The van der Waals surface area contributed by atoms with E-state index in [9.17, 15) is 19.8 Å². The van der Waals surface area contributed by atoms with E-state index >= 15 is 4.39 Å². The normalized spacial score (nSPS) is 20.7. The molecule has 1 aromatic carbocycles. The van der Waals surface area contributed by atoms with Gasteiger partial charge in [0.05, 0.1) is 5.39 Å². The number of halogens is 1. The van der Waals surface area contributed by atoms with Crippen LogP contribution < -0.4 is 21.1 Å². The van der Waals surface area contributed by atoms with Crippen LogP contribution in [0.25, 0.3) is 10.9 Å². The van der Waals surface area contributed by atoms with Gasteiger partial charge < -0.3 is 25.9 Å². The summed E-state index contributed by atoms with van der Waals surface area (Å²) in [5.74, 6) is -2.57. The molecule has 2 saturated heterocycles. The molecule has 174 valence electrons. The van der Waals surface area contributed by atoms with Gasteiger partial charge in [0.1, 0.15) is 16.8 Å². The molecule has 4 heterocycles. The Morgan fingerprint density at radius 1 is 1.33 bits per heavy atom. The zero-order chi connectivity index (χ0) is 23.3. The number of aromatic nitrogens is 2. The van der Waals surface area contributed by atoms with E-state index in [1.807, 2.05) is 5.38 Å². The van der Waals surface area contributed by atoms with E-state index in [0.717, 1.165) is 30.4 Å². The molecule has 3 aromatic rings. The number of nitrogens with zero attached hydrogens (tertiary/aromatic N) is 4. The second-order valence-corrected chi connectivity index (χ2v) is 9.13. The van der Waals surface area contributed by atoms with E-state index in [2.05, 4.69) is 20.6 Å². The van der Waals surface area contributed by atoms with Crippen molar-refractivity contribution in [1.82, 2.24) is 14.6 Å². The van der Waals surface area contributed by atoms with Gasteiger partial charge in [0.25, 0.3) is 0 Å². The number of fused-ring (bicyclic) bond motifs is 2. The van der Waals surface area contributed by atoms with Crippen molar-refractivity contribution in [2.75, 3.05) is 48.9 Å². The number of hydrogen-bond acceptors (Lipinski definition) is 9. The molecule has 0 bridgehead atoms. The lowest BCUT2D eigenvalue weighted by atomic mass is 10.1. The first-order valence-electron chi connectivity index (χ1n) is 10.5. The summed E-state index contributed by atoms with van der Waals surface area (Å²) in [5.41, 5.74) is 1.44. The Bertz CT molecular complexity index is 1280. The fraction of sp³-hybridized carbons (Fsp3) is 0.381. The van der Waals surface area contributed by atoms with Crippen molar-refractivity contribution in [1.29, 1.82) is 0 Å². The highest BCUT2D eigenvalue weighted by Gasteiger charge is 2.38. The first-order valence-corrected chi connectivity index (χ1v) is 11.4. The molecule has 2 aromatic heterocycles. The number of nitrogens with one attached hydrogen (secondary N) is 2. The van der Waals surface area contributed by atoms with Gasteiger partial charge in [-0.3, -0.25) is 14.4 Å². The van der Waals surface area contributed by atoms with E-state index in [0.29, 0.717) is 19.6 Å². The molecular weight excluding hydrogens is 451 g/mol.